The molecule has 1 aromatic carbocycles. The molecule has 152 valence electrons. The quantitative estimate of drug-likeness (QED) is 0.595. The smallest absolute Gasteiger partial charge is 0.159 e. The van der Waals surface area contributed by atoms with Gasteiger partial charge in [0.1, 0.15) is 17.1 Å². The Labute approximate surface area is 172 Å². The van der Waals surface area contributed by atoms with Crippen molar-refractivity contribution in [3.8, 4) is 5.75 Å². The highest BCUT2D eigenvalue weighted by Crippen LogP contribution is 2.36. The number of rotatable bonds is 7. The van der Waals surface area contributed by atoms with Gasteiger partial charge in [-0.15, -0.1) is 0 Å². The Bertz CT molecular complexity index is 970. The van der Waals surface area contributed by atoms with E-state index in [0.29, 0.717) is 5.92 Å². The number of aryl methyl sites for hydroxylation is 1. The number of pyridine rings is 1. The number of para-hydroxylation sites is 1. The van der Waals surface area contributed by atoms with Gasteiger partial charge in [-0.3, -0.25) is 4.90 Å². The molecule has 1 saturated carbocycles. The molecule has 29 heavy (non-hydrogen) atoms. The minimum atomic E-state index is 0.588. The number of fused-ring (bicyclic) bond motifs is 1. The summed E-state index contributed by atoms with van der Waals surface area (Å²) >= 11 is 0. The van der Waals surface area contributed by atoms with Crippen LogP contribution < -0.4 is 4.74 Å². The van der Waals surface area contributed by atoms with Gasteiger partial charge < -0.3 is 9.30 Å². The molecule has 2 aromatic heterocycles. The molecule has 2 aliphatic rings. The number of likely N-dealkylation sites (tertiary alicyclic amines) is 1. The molecule has 5 nitrogen and oxygen atoms in total. The first kappa shape index (κ1) is 18.6. The van der Waals surface area contributed by atoms with E-state index in [2.05, 4.69) is 45.8 Å². The fourth-order valence-corrected chi connectivity index (χ4v) is 4.51. The zero-order chi connectivity index (χ0) is 19.6. The molecular weight excluding hydrogens is 360 g/mol. The number of benzene rings is 1. The van der Waals surface area contributed by atoms with Crippen molar-refractivity contribution in [1.82, 2.24) is 19.4 Å². The topological polar surface area (TPSA) is 43.2 Å². The minimum absolute atomic E-state index is 0.588. The number of hydrogen-bond donors (Lipinski definition) is 0. The van der Waals surface area contributed by atoms with Crippen molar-refractivity contribution in [2.45, 2.75) is 44.6 Å². The molecule has 0 atom stereocenters. The number of imidazole rings is 1. The van der Waals surface area contributed by atoms with E-state index in [1.807, 2.05) is 18.3 Å². The summed E-state index contributed by atoms with van der Waals surface area (Å²) in [6.07, 6.45) is 8.18. The summed E-state index contributed by atoms with van der Waals surface area (Å²) in [6, 6.07) is 12.7. The van der Waals surface area contributed by atoms with Crippen LogP contribution in [0.4, 0.5) is 0 Å². The first-order chi connectivity index (χ1) is 14.3. The summed E-state index contributed by atoms with van der Waals surface area (Å²) in [5, 5.41) is 0. The first-order valence-electron chi connectivity index (χ1n) is 11.0. The Hall–Kier alpha value is -2.40. The van der Waals surface area contributed by atoms with Crippen molar-refractivity contribution in [2.75, 3.05) is 19.7 Å². The van der Waals surface area contributed by atoms with Crippen LogP contribution in [0, 0.1) is 5.92 Å². The van der Waals surface area contributed by atoms with Crippen LogP contribution in [0.1, 0.15) is 49.4 Å². The summed E-state index contributed by atoms with van der Waals surface area (Å²) in [6.45, 7) is 3.94. The van der Waals surface area contributed by atoms with E-state index in [-0.39, 0.29) is 0 Å². The van der Waals surface area contributed by atoms with Gasteiger partial charge >= 0.3 is 0 Å². The molecular formula is C24H30N4O. The monoisotopic (exact) mass is 390 g/mol. The first-order valence-corrected chi connectivity index (χ1v) is 11.0. The molecule has 2 fully saturated rings. The van der Waals surface area contributed by atoms with Gasteiger partial charge in [0.05, 0.1) is 13.2 Å². The molecule has 5 rings (SSSR count). The van der Waals surface area contributed by atoms with Gasteiger partial charge in [0.15, 0.2) is 5.65 Å². The molecule has 0 amide bonds. The molecule has 1 aliphatic heterocycles. The van der Waals surface area contributed by atoms with E-state index in [0.717, 1.165) is 54.9 Å². The molecule has 5 heteroatoms. The van der Waals surface area contributed by atoms with Gasteiger partial charge in [-0.2, -0.15) is 0 Å². The summed E-state index contributed by atoms with van der Waals surface area (Å²) < 4.78 is 8.31. The van der Waals surface area contributed by atoms with Crippen LogP contribution in [0.15, 0.2) is 42.6 Å². The minimum Gasteiger partial charge on any atom is -0.493 e. The van der Waals surface area contributed by atoms with Crippen molar-refractivity contribution in [1.29, 1.82) is 0 Å². The van der Waals surface area contributed by atoms with E-state index in [9.17, 15) is 0 Å². The third-order valence-corrected chi connectivity index (χ3v) is 6.51. The van der Waals surface area contributed by atoms with E-state index in [4.69, 9.17) is 9.72 Å². The second kappa shape index (κ2) is 8.15. The zero-order valence-corrected chi connectivity index (χ0v) is 17.3. The Morgan fingerprint density at radius 2 is 1.86 bits per heavy atom. The highest BCUT2D eigenvalue weighted by molar-refractivity contribution is 5.70. The summed E-state index contributed by atoms with van der Waals surface area (Å²) in [4.78, 5) is 11.8. The zero-order valence-electron chi connectivity index (χ0n) is 17.3. The van der Waals surface area contributed by atoms with E-state index < -0.39 is 0 Å². The Kier molecular flexibility index (Phi) is 5.23. The maximum Gasteiger partial charge on any atom is 0.159 e. The van der Waals surface area contributed by atoms with Gasteiger partial charge in [-0.25, -0.2) is 9.97 Å². The predicted octanol–water partition coefficient (Wildman–Crippen LogP) is 4.53. The highest BCUT2D eigenvalue weighted by atomic mass is 16.5. The summed E-state index contributed by atoms with van der Waals surface area (Å²) in [5.74, 6) is 3.71. The van der Waals surface area contributed by atoms with Crippen LogP contribution in [0.2, 0.25) is 0 Å². The highest BCUT2D eigenvalue weighted by Gasteiger charge is 2.25. The van der Waals surface area contributed by atoms with E-state index >= 15 is 0 Å². The van der Waals surface area contributed by atoms with Crippen LogP contribution in [0.25, 0.3) is 11.2 Å². The van der Waals surface area contributed by atoms with Gasteiger partial charge in [0, 0.05) is 13.2 Å². The SMILES string of the molecule is Cn1c(CN2CCC(c3ccccc3OCCC3CC3)CC2)nc2cccnc21. The number of aromatic nitrogens is 3. The third kappa shape index (κ3) is 4.15. The van der Waals surface area contributed by atoms with Crippen LogP contribution in [-0.2, 0) is 13.6 Å². The molecule has 0 bridgehead atoms. The molecule has 3 heterocycles. The van der Waals surface area contributed by atoms with Crippen molar-refractivity contribution in [3.63, 3.8) is 0 Å². The maximum absolute atomic E-state index is 6.18. The molecule has 1 saturated heterocycles. The number of nitrogens with zero attached hydrogens (tertiary/aromatic N) is 4. The van der Waals surface area contributed by atoms with Crippen LogP contribution in [0.3, 0.4) is 0 Å². The molecule has 3 aromatic rings. The fourth-order valence-electron chi connectivity index (χ4n) is 4.51. The number of ether oxygens (including phenoxy) is 1. The Balaban J connectivity index is 1.20. The third-order valence-electron chi connectivity index (χ3n) is 6.51. The van der Waals surface area contributed by atoms with E-state index in [1.54, 1.807) is 0 Å². The number of piperidine rings is 1. The van der Waals surface area contributed by atoms with Gasteiger partial charge in [-0.1, -0.05) is 31.0 Å². The molecule has 0 N–H and O–H groups in total. The lowest BCUT2D eigenvalue weighted by Crippen LogP contribution is -2.33. The molecule has 0 spiro atoms. The van der Waals surface area contributed by atoms with Crippen LogP contribution >= 0.6 is 0 Å². The standard InChI is InChI=1S/C24H30N4O/c1-27-23(26-21-6-4-13-25-24(21)27)17-28-14-10-19(11-15-28)20-5-2-3-7-22(20)29-16-12-18-8-9-18/h2-7,13,18-19H,8-12,14-17H2,1H3. The van der Waals surface area contributed by atoms with Gasteiger partial charge in [0.2, 0.25) is 0 Å². The molecule has 0 unspecified atom stereocenters. The second-order valence-electron chi connectivity index (χ2n) is 8.60. The Morgan fingerprint density at radius 1 is 1.03 bits per heavy atom. The lowest BCUT2D eigenvalue weighted by Gasteiger charge is -2.32. The predicted molar refractivity (Wildman–Crippen MR) is 115 cm³/mol. The average Bonchev–Trinajstić information content (AvgIpc) is 3.53. The van der Waals surface area contributed by atoms with Crippen molar-refractivity contribution in [3.05, 3.63) is 54.0 Å². The van der Waals surface area contributed by atoms with Crippen molar-refractivity contribution < 1.29 is 4.74 Å². The Morgan fingerprint density at radius 3 is 2.66 bits per heavy atom. The molecule has 1 aliphatic carbocycles. The normalized spacial score (nSPS) is 18.4. The van der Waals surface area contributed by atoms with Gasteiger partial charge in [0.25, 0.3) is 0 Å². The largest absolute Gasteiger partial charge is 0.493 e. The van der Waals surface area contributed by atoms with E-state index in [1.165, 1.54) is 37.7 Å². The van der Waals surface area contributed by atoms with Crippen LogP contribution in [-0.4, -0.2) is 39.1 Å². The van der Waals surface area contributed by atoms with Crippen molar-refractivity contribution >= 4 is 11.2 Å². The van der Waals surface area contributed by atoms with Crippen molar-refractivity contribution in [2.24, 2.45) is 13.0 Å². The number of hydrogen-bond acceptors (Lipinski definition) is 4. The average molecular weight is 391 g/mol. The lowest BCUT2D eigenvalue weighted by molar-refractivity contribution is 0.196. The summed E-state index contributed by atoms with van der Waals surface area (Å²) in [5.41, 5.74) is 3.35. The summed E-state index contributed by atoms with van der Waals surface area (Å²) in [7, 11) is 2.07. The second-order valence-corrected chi connectivity index (χ2v) is 8.60. The molecule has 0 radical (unpaired) electrons. The van der Waals surface area contributed by atoms with Gasteiger partial charge in [-0.05, 0) is 68.0 Å². The lowest BCUT2D eigenvalue weighted by atomic mass is 9.89. The van der Waals surface area contributed by atoms with Crippen LogP contribution in [0.5, 0.6) is 5.75 Å². The maximum atomic E-state index is 6.18. The fraction of sp³-hybridized carbons (Fsp3) is 0.500.